The van der Waals surface area contributed by atoms with Crippen LogP contribution in [0.25, 0.3) is 0 Å². The number of H-pyrrole nitrogens is 1. The first-order chi connectivity index (χ1) is 4.22. The van der Waals surface area contributed by atoms with Crippen molar-refractivity contribution in [1.82, 2.24) is 14.8 Å². The van der Waals surface area contributed by atoms with Crippen LogP contribution in [0.15, 0.2) is 6.33 Å². The molecule has 0 saturated carbocycles. The van der Waals surface area contributed by atoms with Crippen molar-refractivity contribution < 1.29 is 0 Å². The van der Waals surface area contributed by atoms with Gasteiger partial charge in [0.25, 0.3) is 0 Å². The maximum Gasteiger partial charge on any atom is 0.195 e. The zero-order chi connectivity index (χ0) is 6.85. The van der Waals surface area contributed by atoms with E-state index in [1.807, 2.05) is 4.57 Å². The maximum atomic E-state index is 4.91. The van der Waals surface area contributed by atoms with E-state index in [1.54, 1.807) is 6.33 Å². The molecule has 1 heterocycles. The molecule has 1 aromatic rings. The molecule has 51 valence electrons. The minimum absolute atomic E-state index is 0. The van der Waals surface area contributed by atoms with Gasteiger partial charge < -0.3 is 4.57 Å². The van der Waals surface area contributed by atoms with Gasteiger partial charge in [-0.2, -0.15) is 5.10 Å². The largest absolute Gasteiger partial charge is 0.304 e. The minimum Gasteiger partial charge on any atom is -0.304 e. The quantitative estimate of drug-likeness (QED) is 0.501. The Morgan fingerprint density at radius 1 is 1.70 bits per heavy atom. The van der Waals surface area contributed by atoms with Crippen molar-refractivity contribution >= 4 is 41.8 Å². The Bertz CT molecular complexity index is 239. The number of hydrogen-bond donors (Lipinski definition) is 1. The van der Waals surface area contributed by atoms with Crippen LogP contribution < -0.4 is 0 Å². The summed E-state index contributed by atoms with van der Waals surface area (Å²) in [6, 6.07) is 0.399. The standard InChI is InChI=1S/C5H9N3S.Na/c1-4(2)8-3-6-7-5(8)9;/h3-4H,1-2H3,(H,7,9);. The molecule has 0 saturated heterocycles. The molecule has 1 rings (SSSR count). The fourth-order valence-corrected chi connectivity index (χ4v) is 0.935. The number of rotatable bonds is 1. The van der Waals surface area contributed by atoms with Crippen molar-refractivity contribution in [3.63, 3.8) is 0 Å². The molecule has 0 aliphatic carbocycles. The van der Waals surface area contributed by atoms with Crippen LogP contribution in [0.5, 0.6) is 0 Å². The molecule has 0 amide bonds. The second-order valence-electron chi connectivity index (χ2n) is 2.16. The Hall–Kier alpha value is 0.360. The Morgan fingerprint density at radius 3 is 2.50 bits per heavy atom. The maximum absolute atomic E-state index is 4.91. The summed E-state index contributed by atoms with van der Waals surface area (Å²) in [5, 5.41) is 6.45. The molecular formula is C5H9N3NaS. The van der Waals surface area contributed by atoms with Gasteiger partial charge in [0, 0.05) is 35.6 Å². The van der Waals surface area contributed by atoms with E-state index in [-0.39, 0.29) is 29.6 Å². The van der Waals surface area contributed by atoms with Crippen molar-refractivity contribution in [1.29, 1.82) is 0 Å². The second kappa shape index (κ2) is 4.28. The average molecular weight is 166 g/mol. The van der Waals surface area contributed by atoms with E-state index in [4.69, 9.17) is 12.2 Å². The van der Waals surface area contributed by atoms with E-state index in [9.17, 15) is 0 Å². The summed E-state index contributed by atoms with van der Waals surface area (Å²) in [5.74, 6) is 0. The van der Waals surface area contributed by atoms with Crippen molar-refractivity contribution in [2.45, 2.75) is 19.9 Å². The molecule has 5 heteroatoms. The number of aromatic nitrogens is 3. The summed E-state index contributed by atoms with van der Waals surface area (Å²) in [4.78, 5) is 0. The normalized spacial score (nSPS) is 9.50. The van der Waals surface area contributed by atoms with Gasteiger partial charge in [0.2, 0.25) is 0 Å². The van der Waals surface area contributed by atoms with Crippen LogP contribution in [-0.4, -0.2) is 44.3 Å². The molecule has 0 aliphatic heterocycles. The van der Waals surface area contributed by atoms with Gasteiger partial charge in [0.15, 0.2) is 4.77 Å². The SMILES string of the molecule is CC(C)n1cn[nH]c1=S.[Na]. The molecule has 0 bridgehead atoms. The molecule has 0 spiro atoms. The van der Waals surface area contributed by atoms with Crippen LogP contribution in [0.2, 0.25) is 0 Å². The second-order valence-corrected chi connectivity index (χ2v) is 2.55. The number of hydrogen-bond acceptors (Lipinski definition) is 2. The van der Waals surface area contributed by atoms with Gasteiger partial charge in [0.1, 0.15) is 6.33 Å². The molecule has 1 radical (unpaired) electrons. The van der Waals surface area contributed by atoms with Crippen molar-refractivity contribution in [3.05, 3.63) is 11.1 Å². The van der Waals surface area contributed by atoms with Gasteiger partial charge in [0.05, 0.1) is 0 Å². The molecule has 3 nitrogen and oxygen atoms in total. The molecule has 0 aliphatic rings. The summed E-state index contributed by atoms with van der Waals surface area (Å²) in [5.41, 5.74) is 0. The summed E-state index contributed by atoms with van der Waals surface area (Å²) in [6.07, 6.45) is 1.70. The molecule has 0 unspecified atom stereocenters. The van der Waals surface area contributed by atoms with E-state index >= 15 is 0 Å². The van der Waals surface area contributed by atoms with Crippen LogP contribution in [0.1, 0.15) is 19.9 Å². The Balaban J connectivity index is 0.000000810. The number of nitrogens with zero attached hydrogens (tertiary/aromatic N) is 2. The third-order valence-corrected chi connectivity index (χ3v) is 1.44. The Morgan fingerprint density at radius 2 is 2.30 bits per heavy atom. The number of nitrogens with one attached hydrogen (secondary N) is 1. The fraction of sp³-hybridized carbons (Fsp3) is 0.600. The first-order valence-corrected chi connectivity index (χ1v) is 3.24. The third-order valence-electron chi connectivity index (χ3n) is 1.13. The predicted octanol–water partition coefficient (Wildman–Crippen LogP) is 1.14. The molecule has 10 heavy (non-hydrogen) atoms. The van der Waals surface area contributed by atoms with Crippen LogP contribution in [0.4, 0.5) is 0 Å². The van der Waals surface area contributed by atoms with E-state index < -0.39 is 0 Å². The van der Waals surface area contributed by atoms with E-state index in [1.165, 1.54) is 0 Å². The Kier molecular flexibility index (Phi) is 4.44. The van der Waals surface area contributed by atoms with Gasteiger partial charge >= 0.3 is 0 Å². The van der Waals surface area contributed by atoms with E-state index in [2.05, 4.69) is 24.0 Å². The van der Waals surface area contributed by atoms with E-state index in [0.29, 0.717) is 10.8 Å². The smallest absolute Gasteiger partial charge is 0.195 e. The molecule has 1 aromatic heterocycles. The third kappa shape index (κ3) is 2.20. The molecule has 0 aromatic carbocycles. The van der Waals surface area contributed by atoms with Gasteiger partial charge in [-0.3, -0.25) is 5.10 Å². The Labute approximate surface area is 87.1 Å². The zero-order valence-corrected chi connectivity index (χ0v) is 9.27. The topological polar surface area (TPSA) is 33.6 Å². The van der Waals surface area contributed by atoms with Gasteiger partial charge in [-0.25, -0.2) is 0 Å². The molecule has 0 fully saturated rings. The predicted molar refractivity (Wildman–Crippen MR) is 43.6 cm³/mol. The molecule has 1 N–H and O–H groups in total. The van der Waals surface area contributed by atoms with Crippen molar-refractivity contribution in [3.8, 4) is 0 Å². The average Bonchev–Trinajstić information content (AvgIpc) is 2.13. The van der Waals surface area contributed by atoms with Gasteiger partial charge in [-0.1, -0.05) is 0 Å². The minimum atomic E-state index is 0. The van der Waals surface area contributed by atoms with Gasteiger partial charge in [-0.05, 0) is 26.1 Å². The van der Waals surface area contributed by atoms with Gasteiger partial charge in [-0.15, -0.1) is 0 Å². The zero-order valence-electron chi connectivity index (χ0n) is 6.46. The van der Waals surface area contributed by atoms with Crippen LogP contribution in [0.3, 0.4) is 0 Å². The summed E-state index contributed by atoms with van der Waals surface area (Å²) >= 11 is 4.91. The molecule has 0 atom stereocenters. The summed E-state index contributed by atoms with van der Waals surface area (Å²) < 4.78 is 2.58. The van der Waals surface area contributed by atoms with Crippen molar-refractivity contribution in [2.24, 2.45) is 0 Å². The monoisotopic (exact) mass is 166 g/mol. The number of aromatic amines is 1. The van der Waals surface area contributed by atoms with E-state index in [0.717, 1.165) is 0 Å². The first kappa shape index (κ1) is 10.4. The molecular weight excluding hydrogens is 157 g/mol. The summed E-state index contributed by atoms with van der Waals surface area (Å²) in [7, 11) is 0. The fourth-order valence-electron chi connectivity index (χ4n) is 0.624. The summed E-state index contributed by atoms with van der Waals surface area (Å²) in [6.45, 7) is 4.12. The van der Waals surface area contributed by atoms with Crippen LogP contribution in [-0.2, 0) is 0 Å². The first-order valence-electron chi connectivity index (χ1n) is 2.83. The van der Waals surface area contributed by atoms with Crippen LogP contribution in [0, 0.1) is 4.77 Å². The van der Waals surface area contributed by atoms with Crippen molar-refractivity contribution in [2.75, 3.05) is 0 Å². The van der Waals surface area contributed by atoms with Crippen LogP contribution >= 0.6 is 12.2 Å².